The van der Waals surface area contributed by atoms with Crippen molar-refractivity contribution in [1.29, 1.82) is 0 Å². The fourth-order valence-corrected chi connectivity index (χ4v) is 3.45. The SMILES string of the molecule is CSc1ccc(Cl)c(C(=O)O)c1.CSc1ccc(NCc2ccco2)c(C(=O)O)c1. The molecule has 30 heavy (non-hydrogen) atoms. The highest BCUT2D eigenvalue weighted by Gasteiger charge is 2.11. The lowest BCUT2D eigenvalue weighted by Crippen LogP contribution is -2.06. The zero-order chi connectivity index (χ0) is 22.1. The number of furan rings is 1. The number of carboxylic acids is 2. The van der Waals surface area contributed by atoms with Crippen LogP contribution in [-0.4, -0.2) is 34.7 Å². The van der Waals surface area contributed by atoms with E-state index in [2.05, 4.69) is 5.32 Å². The van der Waals surface area contributed by atoms with Gasteiger partial charge in [-0.2, -0.15) is 0 Å². The maximum Gasteiger partial charge on any atom is 0.337 e. The van der Waals surface area contributed by atoms with Gasteiger partial charge in [-0.3, -0.25) is 0 Å². The molecule has 2 aromatic carbocycles. The van der Waals surface area contributed by atoms with Crippen molar-refractivity contribution in [2.75, 3.05) is 17.8 Å². The number of carboxylic acid groups (broad SMARTS) is 2. The Kier molecular flexibility index (Phi) is 9.16. The van der Waals surface area contributed by atoms with Crippen LogP contribution in [0.15, 0.2) is 69.0 Å². The largest absolute Gasteiger partial charge is 0.478 e. The first-order chi connectivity index (χ1) is 14.3. The monoisotopic (exact) mass is 465 g/mol. The summed E-state index contributed by atoms with van der Waals surface area (Å²) in [5.41, 5.74) is 1.02. The van der Waals surface area contributed by atoms with Crippen LogP contribution in [0.2, 0.25) is 5.02 Å². The summed E-state index contributed by atoms with van der Waals surface area (Å²) in [6, 6.07) is 13.9. The fourth-order valence-electron chi connectivity index (χ4n) is 2.37. The lowest BCUT2D eigenvalue weighted by atomic mass is 10.2. The Bertz CT molecular complexity index is 1010. The Morgan fingerprint density at radius 2 is 1.57 bits per heavy atom. The van der Waals surface area contributed by atoms with Crippen LogP contribution in [0.25, 0.3) is 0 Å². The number of benzene rings is 2. The first kappa shape index (κ1) is 23.7. The molecule has 0 fully saturated rings. The number of hydrogen-bond acceptors (Lipinski definition) is 6. The average Bonchev–Trinajstić information content (AvgIpc) is 3.26. The summed E-state index contributed by atoms with van der Waals surface area (Å²) >= 11 is 8.66. The Labute approximate surface area is 187 Å². The summed E-state index contributed by atoms with van der Waals surface area (Å²) in [6.07, 6.45) is 5.39. The summed E-state index contributed by atoms with van der Waals surface area (Å²) in [7, 11) is 0. The number of aromatic carboxylic acids is 2. The van der Waals surface area contributed by atoms with Crippen molar-refractivity contribution < 1.29 is 24.2 Å². The highest BCUT2D eigenvalue weighted by Crippen LogP contribution is 2.24. The van der Waals surface area contributed by atoms with Gasteiger partial charge in [-0.05, 0) is 61.0 Å². The Morgan fingerprint density at radius 3 is 2.10 bits per heavy atom. The van der Waals surface area contributed by atoms with Crippen LogP contribution in [0.5, 0.6) is 0 Å². The first-order valence-corrected chi connectivity index (χ1v) is 11.4. The maximum atomic E-state index is 11.2. The molecule has 0 bridgehead atoms. The second kappa shape index (κ2) is 11.6. The molecule has 158 valence electrons. The molecule has 0 unspecified atom stereocenters. The number of carbonyl (C=O) groups is 2. The van der Waals surface area contributed by atoms with Crippen LogP contribution in [0.1, 0.15) is 26.5 Å². The molecule has 0 aliphatic heterocycles. The molecule has 0 amide bonds. The van der Waals surface area contributed by atoms with Crippen molar-refractivity contribution in [3.63, 3.8) is 0 Å². The maximum absolute atomic E-state index is 11.2. The molecule has 0 saturated carbocycles. The quantitative estimate of drug-likeness (QED) is 0.361. The zero-order valence-electron chi connectivity index (χ0n) is 16.2. The van der Waals surface area contributed by atoms with Crippen molar-refractivity contribution >= 4 is 52.8 Å². The Balaban J connectivity index is 0.000000232. The van der Waals surface area contributed by atoms with E-state index in [0.717, 1.165) is 15.6 Å². The van der Waals surface area contributed by atoms with Gasteiger partial charge in [-0.1, -0.05) is 11.6 Å². The van der Waals surface area contributed by atoms with E-state index in [1.54, 1.807) is 42.7 Å². The van der Waals surface area contributed by atoms with E-state index in [0.29, 0.717) is 12.2 Å². The topological polar surface area (TPSA) is 99.8 Å². The van der Waals surface area contributed by atoms with E-state index in [9.17, 15) is 14.7 Å². The standard InChI is InChI=1S/C13H13NO3S.C8H7ClO2S/c1-18-10-4-5-12(11(7-10)13(15)16)14-8-9-3-2-6-17-9;1-12-5-2-3-7(9)6(4-5)8(10)11/h2-7,14H,8H2,1H3,(H,15,16);2-4H,1H3,(H,10,11). The Morgan fingerprint density at radius 1 is 0.967 bits per heavy atom. The predicted molar refractivity (Wildman–Crippen MR) is 121 cm³/mol. The highest BCUT2D eigenvalue weighted by molar-refractivity contribution is 7.98. The number of rotatable bonds is 7. The highest BCUT2D eigenvalue weighted by atomic mass is 35.5. The van der Waals surface area contributed by atoms with Crippen molar-refractivity contribution in [3.8, 4) is 0 Å². The minimum absolute atomic E-state index is 0.156. The molecule has 0 spiro atoms. The minimum Gasteiger partial charge on any atom is -0.478 e. The molecule has 0 aliphatic rings. The molecule has 0 radical (unpaired) electrons. The second-order valence-corrected chi connectivity index (χ2v) is 7.97. The molecule has 1 aromatic heterocycles. The smallest absolute Gasteiger partial charge is 0.337 e. The summed E-state index contributed by atoms with van der Waals surface area (Å²) in [5.74, 6) is -1.16. The van der Waals surface area contributed by atoms with Gasteiger partial charge in [-0.15, -0.1) is 23.5 Å². The molecule has 3 N–H and O–H groups in total. The summed E-state index contributed by atoms with van der Waals surface area (Å²) in [6.45, 7) is 0.464. The third kappa shape index (κ3) is 6.76. The fraction of sp³-hybridized carbons (Fsp3) is 0.143. The van der Waals surface area contributed by atoms with E-state index < -0.39 is 11.9 Å². The molecular weight excluding hydrogens is 446 g/mol. The lowest BCUT2D eigenvalue weighted by molar-refractivity contribution is 0.0686. The number of nitrogens with one attached hydrogen (secondary N) is 1. The van der Waals surface area contributed by atoms with Crippen molar-refractivity contribution in [1.82, 2.24) is 0 Å². The molecule has 3 aromatic rings. The summed E-state index contributed by atoms with van der Waals surface area (Å²) in [5, 5.41) is 21.2. The lowest BCUT2D eigenvalue weighted by Gasteiger charge is -2.09. The van der Waals surface area contributed by atoms with Gasteiger partial charge < -0.3 is 19.9 Å². The van der Waals surface area contributed by atoms with Crippen LogP contribution in [-0.2, 0) is 6.54 Å². The van der Waals surface area contributed by atoms with Crippen LogP contribution >= 0.6 is 35.1 Å². The van der Waals surface area contributed by atoms with Crippen molar-refractivity contribution in [2.24, 2.45) is 0 Å². The normalized spacial score (nSPS) is 10.1. The second-order valence-electron chi connectivity index (χ2n) is 5.80. The minimum atomic E-state index is -0.990. The van der Waals surface area contributed by atoms with Gasteiger partial charge >= 0.3 is 11.9 Å². The number of thioether (sulfide) groups is 2. The molecule has 9 heteroatoms. The van der Waals surface area contributed by atoms with Gasteiger partial charge in [0.15, 0.2) is 0 Å². The molecule has 0 saturated heterocycles. The molecular formula is C21H20ClNO5S2. The molecule has 6 nitrogen and oxygen atoms in total. The number of anilines is 1. The van der Waals surface area contributed by atoms with E-state index in [4.69, 9.17) is 21.1 Å². The van der Waals surface area contributed by atoms with Gasteiger partial charge in [0.1, 0.15) is 5.76 Å². The number of hydrogen-bond donors (Lipinski definition) is 3. The van der Waals surface area contributed by atoms with E-state index in [1.165, 1.54) is 23.5 Å². The van der Waals surface area contributed by atoms with E-state index in [-0.39, 0.29) is 16.1 Å². The van der Waals surface area contributed by atoms with Gasteiger partial charge in [0.25, 0.3) is 0 Å². The van der Waals surface area contributed by atoms with Gasteiger partial charge in [0, 0.05) is 15.5 Å². The number of halogens is 1. The van der Waals surface area contributed by atoms with Gasteiger partial charge in [0.2, 0.25) is 0 Å². The van der Waals surface area contributed by atoms with E-state index >= 15 is 0 Å². The first-order valence-electron chi connectivity index (χ1n) is 8.60. The predicted octanol–water partition coefficient (Wildman–Crippen LogP) is 6.07. The van der Waals surface area contributed by atoms with Gasteiger partial charge in [0.05, 0.1) is 29.0 Å². The van der Waals surface area contributed by atoms with E-state index in [1.807, 2.05) is 24.6 Å². The zero-order valence-corrected chi connectivity index (χ0v) is 18.6. The summed E-state index contributed by atoms with van der Waals surface area (Å²) in [4.78, 5) is 23.6. The third-order valence-corrected chi connectivity index (χ3v) is 5.67. The third-order valence-electron chi connectivity index (χ3n) is 3.89. The van der Waals surface area contributed by atoms with Crippen molar-refractivity contribution in [3.05, 3.63) is 76.7 Å². The molecule has 0 atom stereocenters. The van der Waals surface area contributed by atoms with Crippen LogP contribution in [0.3, 0.4) is 0 Å². The van der Waals surface area contributed by atoms with Crippen LogP contribution < -0.4 is 5.32 Å². The van der Waals surface area contributed by atoms with Crippen LogP contribution in [0.4, 0.5) is 5.69 Å². The molecule has 3 rings (SSSR count). The molecule has 1 heterocycles. The average molecular weight is 466 g/mol. The Hall–Kier alpha value is -2.55. The van der Waals surface area contributed by atoms with Crippen LogP contribution in [0, 0.1) is 0 Å². The van der Waals surface area contributed by atoms with Crippen molar-refractivity contribution in [2.45, 2.75) is 16.3 Å². The summed E-state index contributed by atoms with van der Waals surface area (Å²) < 4.78 is 5.19. The van der Waals surface area contributed by atoms with Gasteiger partial charge in [-0.25, -0.2) is 9.59 Å². The molecule has 0 aliphatic carbocycles.